The van der Waals surface area contributed by atoms with Crippen molar-refractivity contribution >= 4 is 5.97 Å². The molecule has 0 amide bonds. The first kappa shape index (κ1) is 13.1. The van der Waals surface area contributed by atoms with E-state index in [0.717, 1.165) is 18.4 Å². The van der Waals surface area contributed by atoms with Gasteiger partial charge in [0.05, 0.1) is 6.10 Å². The van der Waals surface area contributed by atoms with Crippen molar-refractivity contribution < 1.29 is 19.7 Å². The van der Waals surface area contributed by atoms with Crippen LogP contribution < -0.4 is 0 Å². The van der Waals surface area contributed by atoms with Gasteiger partial charge in [-0.3, -0.25) is 0 Å². The normalized spacial score (nSPS) is 53.5. The van der Waals surface area contributed by atoms with E-state index in [1.807, 2.05) is 6.92 Å². The molecule has 4 heteroatoms. The van der Waals surface area contributed by atoms with Gasteiger partial charge in [-0.2, -0.15) is 0 Å². The van der Waals surface area contributed by atoms with Crippen LogP contribution in [0.5, 0.6) is 0 Å². The first-order valence-corrected chi connectivity index (χ1v) is 7.13. The minimum absolute atomic E-state index is 0.0778. The topological polar surface area (TPSA) is 66.8 Å². The zero-order valence-corrected chi connectivity index (χ0v) is 11.5. The lowest BCUT2D eigenvalue weighted by molar-refractivity contribution is -0.155. The third-order valence-corrected chi connectivity index (χ3v) is 5.63. The standard InChI is InChI=1S/C15H22O4/c1-7-4-5-10-13(19-14(17)15(10,3)18)12-8(2)11(16)6-9(7)12/h8-13,16,18H,1,4-6H2,2-3H3. The molecule has 2 saturated carbocycles. The average Bonchev–Trinajstić information content (AvgIpc) is 2.68. The molecule has 0 aromatic carbocycles. The molecular weight excluding hydrogens is 244 g/mol. The van der Waals surface area contributed by atoms with E-state index in [-0.39, 0.29) is 35.9 Å². The Hall–Kier alpha value is -0.870. The number of aliphatic hydroxyl groups excluding tert-OH is 1. The number of carbonyl (C=O) groups excluding carboxylic acids is 1. The summed E-state index contributed by atoms with van der Waals surface area (Å²) in [4.78, 5) is 11.9. The maximum atomic E-state index is 11.9. The summed E-state index contributed by atoms with van der Waals surface area (Å²) < 4.78 is 5.50. The summed E-state index contributed by atoms with van der Waals surface area (Å²) in [5.41, 5.74) is -0.262. The van der Waals surface area contributed by atoms with Crippen LogP contribution in [0.15, 0.2) is 12.2 Å². The number of allylic oxidation sites excluding steroid dienone is 1. The Kier molecular flexibility index (Phi) is 2.81. The maximum absolute atomic E-state index is 11.9. The molecule has 2 N–H and O–H groups in total. The van der Waals surface area contributed by atoms with Crippen molar-refractivity contribution in [3.05, 3.63) is 12.2 Å². The highest BCUT2D eigenvalue weighted by Crippen LogP contribution is 2.53. The van der Waals surface area contributed by atoms with Gasteiger partial charge in [-0.05, 0) is 38.0 Å². The van der Waals surface area contributed by atoms with Crippen molar-refractivity contribution in [2.75, 3.05) is 0 Å². The molecule has 19 heavy (non-hydrogen) atoms. The van der Waals surface area contributed by atoms with Gasteiger partial charge < -0.3 is 14.9 Å². The molecule has 0 bridgehead atoms. The lowest BCUT2D eigenvalue weighted by atomic mass is 9.76. The fraction of sp³-hybridized carbons (Fsp3) is 0.800. The lowest BCUT2D eigenvalue weighted by Crippen LogP contribution is -2.40. The van der Waals surface area contributed by atoms with Gasteiger partial charge >= 0.3 is 5.97 Å². The zero-order chi connectivity index (χ0) is 13.9. The highest BCUT2D eigenvalue weighted by molar-refractivity contribution is 5.81. The number of esters is 1. The van der Waals surface area contributed by atoms with Crippen LogP contribution in [0.3, 0.4) is 0 Å². The summed E-state index contributed by atoms with van der Waals surface area (Å²) in [5.74, 6) is -0.314. The Morgan fingerprint density at radius 3 is 2.84 bits per heavy atom. The number of rotatable bonds is 0. The summed E-state index contributed by atoms with van der Waals surface area (Å²) >= 11 is 0. The quantitative estimate of drug-likeness (QED) is 0.512. The largest absolute Gasteiger partial charge is 0.459 e. The van der Waals surface area contributed by atoms with Gasteiger partial charge in [0.25, 0.3) is 0 Å². The van der Waals surface area contributed by atoms with Gasteiger partial charge in [0.2, 0.25) is 0 Å². The van der Waals surface area contributed by atoms with Crippen LogP contribution in [-0.2, 0) is 9.53 Å². The monoisotopic (exact) mass is 266 g/mol. The first-order valence-electron chi connectivity index (χ1n) is 7.13. The van der Waals surface area contributed by atoms with Crippen LogP contribution in [0, 0.1) is 23.7 Å². The van der Waals surface area contributed by atoms with Crippen molar-refractivity contribution in [3.8, 4) is 0 Å². The molecule has 3 fully saturated rings. The van der Waals surface area contributed by atoms with E-state index in [4.69, 9.17) is 4.74 Å². The molecule has 1 aliphatic heterocycles. The van der Waals surface area contributed by atoms with E-state index >= 15 is 0 Å². The molecule has 7 unspecified atom stereocenters. The molecule has 1 heterocycles. The zero-order valence-electron chi connectivity index (χ0n) is 11.5. The molecule has 0 spiro atoms. The van der Waals surface area contributed by atoms with Crippen LogP contribution in [-0.4, -0.2) is 34.0 Å². The number of fused-ring (bicyclic) bond motifs is 3. The Labute approximate surface area is 113 Å². The van der Waals surface area contributed by atoms with Crippen molar-refractivity contribution in [1.29, 1.82) is 0 Å². The van der Waals surface area contributed by atoms with Crippen molar-refractivity contribution in [2.24, 2.45) is 23.7 Å². The first-order chi connectivity index (χ1) is 8.84. The van der Waals surface area contributed by atoms with E-state index in [1.54, 1.807) is 6.92 Å². The number of hydrogen-bond acceptors (Lipinski definition) is 4. The average molecular weight is 266 g/mol. The molecule has 4 nitrogen and oxygen atoms in total. The van der Waals surface area contributed by atoms with Gasteiger partial charge in [0, 0.05) is 11.8 Å². The molecule has 2 aliphatic carbocycles. The second kappa shape index (κ2) is 4.06. The smallest absolute Gasteiger partial charge is 0.338 e. The lowest BCUT2D eigenvalue weighted by Gasteiger charge is -2.30. The van der Waals surface area contributed by atoms with Crippen LogP contribution in [0.2, 0.25) is 0 Å². The van der Waals surface area contributed by atoms with Gasteiger partial charge in [0.15, 0.2) is 5.60 Å². The maximum Gasteiger partial charge on any atom is 0.338 e. The highest BCUT2D eigenvalue weighted by atomic mass is 16.6. The van der Waals surface area contributed by atoms with Crippen molar-refractivity contribution in [1.82, 2.24) is 0 Å². The number of hydrogen-bond donors (Lipinski definition) is 2. The molecular formula is C15H22O4. The fourth-order valence-electron chi connectivity index (χ4n) is 4.34. The molecule has 106 valence electrons. The Morgan fingerprint density at radius 2 is 2.16 bits per heavy atom. The van der Waals surface area contributed by atoms with Gasteiger partial charge in [-0.15, -0.1) is 0 Å². The van der Waals surface area contributed by atoms with Gasteiger partial charge in [-0.1, -0.05) is 19.1 Å². The third-order valence-electron chi connectivity index (χ3n) is 5.63. The number of carbonyl (C=O) groups is 1. The molecule has 0 aromatic rings. The minimum atomic E-state index is -1.40. The number of aliphatic hydroxyl groups is 2. The van der Waals surface area contributed by atoms with Crippen molar-refractivity contribution in [2.45, 2.75) is 50.9 Å². The van der Waals surface area contributed by atoms with Crippen LogP contribution in [0.1, 0.15) is 33.1 Å². The van der Waals surface area contributed by atoms with Crippen LogP contribution >= 0.6 is 0 Å². The molecule has 3 rings (SSSR count). The predicted molar refractivity (Wildman–Crippen MR) is 69.1 cm³/mol. The summed E-state index contributed by atoms with van der Waals surface area (Å²) in [6, 6.07) is 0. The van der Waals surface area contributed by atoms with E-state index < -0.39 is 11.6 Å². The second-order valence-electron chi connectivity index (χ2n) is 6.67. The second-order valence-corrected chi connectivity index (χ2v) is 6.67. The van der Waals surface area contributed by atoms with Gasteiger partial charge in [-0.25, -0.2) is 4.79 Å². The molecule has 0 radical (unpaired) electrons. The molecule has 0 aromatic heterocycles. The third kappa shape index (κ3) is 1.69. The predicted octanol–water partition coefficient (Wildman–Crippen LogP) is 1.26. The molecule has 1 saturated heterocycles. The van der Waals surface area contributed by atoms with Crippen LogP contribution in [0.25, 0.3) is 0 Å². The highest BCUT2D eigenvalue weighted by Gasteiger charge is 2.60. The SMILES string of the molecule is C=C1CCC2C(OC(=O)C2(C)O)C2C1CC(O)C2C. The minimum Gasteiger partial charge on any atom is -0.459 e. The summed E-state index contributed by atoms with van der Waals surface area (Å²) in [5, 5.41) is 20.5. The number of ether oxygens (including phenoxy) is 1. The Balaban J connectivity index is 2.00. The van der Waals surface area contributed by atoms with Crippen molar-refractivity contribution in [3.63, 3.8) is 0 Å². The Bertz CT molecular complexity index is 428. The van der Waals surface area contributed by atoms with Gasteiger partial charge in [0.1, 0.15) is 6.10 Å². The van der Waals surface area contributed by atoms with E-state index in [2.05, 4.69) is 6.58 Å². The molecule has 3 aliphatic rings. The van der Waals surface area contributed by atoms with E-state index in [1.165, 1.54) is 0 Å². The Morgan fingerprint density at radius 1 is 1.47 bits per heavy atom. The summed E-state index contributed by atoms with van der Waals surface area (Å²) in [6.07, 6.45) is 1.59. The summed E-state index contributed by atoms with van der Waals surface area (Å²) in [6.45, 7) is 7.71. The van der Waals surface area contributed by atoms with E-state index in [9.17, 15) is 15.0 Å². The summed E-state index contributed by atoms with van der Waals surface area (Å²) in [7, 11) is 0. The van der Waals surface area contributed by atoms with Crippen LogP contribution in [0.4, 0.5) is 0 Å². The molecule has 7 atom stereocenters. The van der Waals surface area contributed by atoms with E-state index in [0.29, 0.717) is 6.42 Å². The fourth-order valence-corrected chi connectivity index (χ4v) is 4.34.